The van der Waals surface area contributed by atoms with Gasteiger partial charge in [0.15, 0.2) is 0 Å². The molecule has 4 aromatic rings. The van der Waals surface area contributed by atoms with Gasteiger partial charge in [-0.1, -0.05) is 38.1 Å². The number of fused-ring (bicyclic) bond motifs is 1. The van der Waals surface area contributed by atoms with Gasteiger partial charge in [-0.2, -0.15) is 0 Å². The molecule has 172 valence electrons. The number of aromatic nitrogens is 3. The maximum absolute atomic E-state index is 9.80. The van der Waals surface area contributed by atoms with Crippen molar-refractivity contribution in [3.05, 3.63) is 70.0 Å². The minimum Gasteiger partial charge on any atom is -0.495 e. The maximum Gasteiger partial charge on any atom is 0.145 e. The average molecular weight is 510 g/mol. The van der Waals surface area contributed by atoms with E-state index in [2.05, 4.69) is 59.0 Å². The molecule has 0 amide bonds. The fraction of sp³-hybridized carbons (Fsp3) is 0.308. The zero-order valence-electron chi connectivity index (χ0n) is 19.3. The highest BCUT2D eigenvalue weighted by Crippen LogP contribution is 2.39. The molecule has 0 aliphatic heterocycles. The Balaban J connectivity index is 1.89. The van der Waals surface area contributed by atoms with Crippen molar-refractivity contribution in [2.45, 2.75) is 32.7 Å². The molecule has 2 aromatic carbocycles. The molecule has 6 nitrogen and oxygen atoms in total. The van der Waals surface area contributed by atoms with Crippen molar-refractivity contribution < 1.29 is 14.6 Å². The molecule has 0 saturated carbocycles. The number of benzene rings is 2. The summed E-state index contributed by atoms with van der Waals surface area (Å²) in [7, 11) is 3.30. The van der Waals surface area contributed by atoms with Gasteiger partial charge >= 0.3 is 0 Å². The summed E-state index contributed by atoms with van der Waals surface area (Å²) in [4.78, 5) is 9.50. The quantitative estimate of drug-likeness (QED) is 0.335. The van der Waals surface area contributed by atoms with Crippen LogP contribution in [-0.4, -0.2) is 40.5 Å². The summed E-state index contributed by atoms with van der Waals surface area (Å²) in [6.45, 7) is 4.76. The van der Waals surface area contributed by atoms with E-state index in [4.69, 9.17) is 14.5 Å². The molecule has 0 spiro atoms. The Morgan fingerprint density at radius 3 is 2.42 bits per heavy atom. The first-order chi connectivity index (χ1) is 16.0. The van der Waals surface area contributed by atoms with Crippen LogP contribution in [0.4, 0.5) is 0 Å². The SMILES string of the molecule is COc1cccnc1Cc1cc(OC)c2c(nc(-c3ccc(C(C)C)cc3)n2CCO)c1Br. The Hall–Kier alpha value is -2.90. The highest BCUT2D eigenvalue weighted by molar-refractivity contribution is 9.10. The number of aliphatic hydroxyl groups excluding tert-OH is 1. The molecule has 0 fully saturated rings. The Kier molecular flexibility index (Phi) is 7.00. The third kappa shape index (κ3) is 4.48. The summed E-state index contributed by atoms with van der Waals surface area (Å²) in [5.41, 5.74) is 5.72. The van der Waals surface area contributed by atoms with E-state index in [1.54, 1.807) is 20.4 Å². The second kappa shape index (κ2) is 9.93. The number of rotatable bonds is 8. The molecule has 7 heteroatoms. The van der Waals surface area contributed by atoms with E-state index in [0.717, 1.165) is 43.9 Å². The van der Waals surface area contributed by atoms with Crippen molar-refractivity contribution >= 4 is 27.0 Å². The molecule has 0 radical (unpaired) electrons. The van der Waals surface area contributed by atoms with E-state index < -0.39 is 0 Å². The molecule has 0 atom stereocenters. The number of hydrogen-bond acceptors (Lipinski definition) is 5. The third-order valence-electron chi connectivity index (χ3n) is 5.80. The van der Waals surface area contributed by atoms with Crippen molar-refractivity contribution in [2.75, 3.05) is 20.8 Å². The Bertz CT molecular complexity index is 1270. The van der Waals surface area contributed by atoms with E-state index in [1.807, 2.05) is 22.8 Å². The number of pyridine rings is 1. The summed E-state index contributed by atoms with van der Waals surface area (Å²) in [6, 6.07) is 14.2. The molecule has 0 unspecified atom stereocenters. The molecular formula is C26H28BrN3O3. The maximum atomic E-state index is 9.80. The van der Waals surface area contributed by atoms with Gasteiger partial charge in [0, 0.05) is 29.2 Å². The van der Waals surface area contributed by atoms with Crippen LogP contribution in [0.15, 0.2) is 53.1 Å². The lowest BCUT2D eigenvalue weighted by molar-refractivity contribution is 0.278. The second-order valence-corrected chi connectivity index (χ2v) is 8.96. The van der Waals surface area contributed by atoms with Gasteiger partial charge in [0.25, 0.3) is 0 Å². The van der Waals surface area contributed by atoms with Gasteiger partial charge in [-0.15, -0.1) is 0 Å². The van der Waals surface area contributed by atoms with E-state index >= 15 is 0 Å². The van der Waals surface area contributed by atoms with Gasteiger partial charge in [0.1, 0.15) is 28.4 Å². The van der Waals surface area contributed by atoms with Crippen LogP contribution in [0.3, 0.4) is 0 Å². The summed E-state index contributed by atoms with van der Waals surface area (Å²) in [5, 5.41) is 9.80. The highest BCUT2D eigenvalue weighted by atomic mass is 79.9. The first kappa shape index (κ1) is 23.3. The Morgan fingerprint density at radius 1 is 1.06 bits per heavy atom. The molecule has 0 bridgehead atoms. The molecule has 0 saturated heterocycles. The van der Waals surface area contributed by atoms with Gasteiger partial charge in [-0.25, -0.2) is 4.98 Å². The van der Waals surface area contributed by atoms with Crippen LogP contribution in [0, 0.1) is 0 Å². The summed E-state index contributed by atoms with van der Waals surface area (Å²) < 4.78 is 14.2. The van der Waals surface area contributed by atoms with Crippen molar-refractivity contribution in [3.8, 4) is 22.9 Å². The highest BCUT2D eigenvalue weighted by Gasteiger charge is 2.22. The van der Waals surface area contributed by atoms with E-state index in [9.17, 15) is 5.11 Å². The van der Waals surface area contributed by atoms with E-state index in [0.29, 0.717) is 24.6 Å². The molecule has 0 aliphatic rings. The molecule has 1 N–H and O–H groups in total. The van der Waals surface area contributed by atoms with Crippen LogP contribution >= 0.6 is 15.9 Å². The average Bonchev–Trinajstić information content (AvgIpc) is 3.21. The first-order valence-electron chi connectivity index (χ1n) is 10.9. The predicted molar refractivity (Wildman–Crippen MR) is 134 cm³/mol. The van der Waals surface area contributed by atoms with Crippen molar-refractivity contribution in [2.24, 2.45) is 0 Å². The molecule has 0 aliphatic carbocycles. The number of nitrogens with zero attached hydrogens (tertiary/aromatic N) is 3. The Labute approximate surface area is 202 Å². The largest absolute Gasteiger partial charge is 0.495 e. The third-order valence-corrected chi connectivity index (χ3v) is 6.69. The summed E-state index contributed by atoms with van der Waals surface area (Å²) >= 11 is 3.79. The topological polar surface area (TPSA) is 69.4 Å². The van der Waals surface area contributed by atoms with Gasteiger partial charge in [0.05, 0.1) is 26.5 Å². The number of ether oxygens (including phenoxy) is 2. The fourth-order valence-electron chi connectivity index (χ4n) is 4.06. The lowest BCUT2D eigenvalue weighted by Gasteiger charge is -2.13. The summed E-state index contributed by atoms with van der Waals surface area (Å²) in [5.74, 6) is 2.68. The lowest BCUT2D eigenvalue weighted by atomic mass is 10.0. The van der Waals surface area contributed by atoms with Crippen LogP contribution in [0.25, 0.3) is 22.4 Å². The van der Waals surface area contributed by atoms with Crippen LogP contribution in [0.1, 0.15) is 36.6 Å². The van der Waals surface area contributed by atoms with E-state index in [1.165, 1.54) is 5.56 Å². The van der Waals surface area contributed by atoms with Gasteiger partial charge < -0.3 is 19.1 Å². The van der Waals surface area contributed by atoms with Gasteiger partial charge in [-0.3, -0.25) is 4.98 Å². The molecule has 2 heterocycles. The zero-order valence-corrected chi connectivity index (χ0v) is 20.9. The number of halogens is 1. The number of aliphatic hydroxyl groups is 1. The normalized spacial score (nSPS) is 11.4. The van der Waals surface area contributed by atoms with Crippen molar-refractivity contribution in [3.63, 3.8) is 0 Å². The van der Waals surface area contributed by atoms with Crippen molar-refractivity contribution in [1.82, 2.24) is 14.5 Å². The van der Waals surface area contributed by atoms with E-state index in [-0.39, 0.29) is 6.61 Å². The zero-order chi connectivity index (χ0) is 23.5. The fourth-order valence-corrected chi connectivity index (χ4v) is 4.59. The minimum atomic E-state index is -0.00377. The second-order valence-electron chi connectivity index (χ2n) is 8.17. The van der Waals surface area contributed by atoms with Crippen molar-refractivity contribution in [1.29, 1.82) is 0 Å². The number of methoxy groups -OCH3 is 2. The number of imidazole rings is 1. The smallest absolute Gasteiger partial charge is 0.145 e. The van der Waals surface area contributed by atoms with Crippen LogP contribution in [-0.2, 0) is 13.0 Å². The van der Waals surface area contributed by atoms with Gasteiger partial charge in [0.2, 0.25) is 0 Å². The van der Waals surface area contributed by atoms with Crippen LogP contribution in [0.5, 0.6) is 11.5 Å². The van der Waals surface area contributed by atoms with Gasteiger partial charge in [-0.05, 0) is 51.2 Å². The van der Waals surface area contributed by atoms with Crippen LogP contribution < -0.4 is 9.47 Å². The minimum absolute atomic E-state index is 0.00377. The lowest BCUT2D eigenvalue weighted by Crippen LogP contribution is -2.05. The number of hydrogen-bond donors (Lipinski definition) is 1. The predicted octanol–water partition coefficient (Wildman–Crippen LogP) is 5.58. The standard InChI is InChI=1S/C26H28BrN3O3/c1-16(2)17-7-9-18(10-8-17)26-29-24-23(27)19(14-20-21(32-3)6-5-11-28-20)15-22(33-4)25(24)30(26)12-13-31/h5-11,15-16,31H,12-14H2,1-4H3. The molecular weight excluding hydrogens is 482 g/mol. The Morgan fingerprint density at radius 2 is 1.79 bits per heavy atom. The first-order valence-corrected chi connectivity index (χ1v) is 11.7. The molecule has 33 heavy (non-hydrogen) atoms. The van der Waals surface area contributed by atoms with Crippen LogP contribution in [0.2, 0.25) is 0 Å². The molecule has 4 rings (SSSR count). The summed E-state index contributed by atoms with van der Waals surface area (Å²) in [6.07, 6.45) is 2.32. The monoisotopic (exact) mass is 509 g/mol. The molecule has 2 aromatic heterocycles.